The van der Waals surface area contributed by atoms with Crippen molar-refractivity contribution in [1.29, 1.82) is 0 Å². The van der Waals surface area contributed by atoms with E-state index in [9.17, 15) is 13.2 Å². The number of hydrogen-bond donors (Lipinski definition) is 2. The third kappa shape index (κ3) is 2.35. The van der Waals surface area contributed by atoms with Crippen molar-refractivity contribution < 1.29 is 13.2 Å². The lowest BCUT2D eigenvalue weighted by atomic mass is 9.90. The van der Waals surface area contributed by atoms with Crippen molar-refractivity contribution in [3.63, 3.8) is 0 Å². The molecule has 1 heterocycles. The Morgan fingerprint density at radius 2 is 1.75 bits per heavy atom. The molecule has 3 N–H and O–H groups in total. The lowest BCUT2D eigenvalue weighted by Crippen LogP contribution is -2.47. The third-order valence-electron chi connectivity index (χ3n) is 2.27. The Balaban J connectivity index is 2.45. The van der Waals surface area contributed by atoms with Gasteiger partial charge in [0, 0.05) is 0 Å². The number of piperidine rings is 1. The van der Waals surface area contributed by atoms with Crippen LogP contribution in [0.2, 0.25) is 0 Å². The first kappa shape index (κ1) is 9.80. The van der Waals surface area contributed by atoms with E-state index in [4.69, 9.17) is 5.73 Å². The Bertz CT molecular complexity index is 140. The van der Waals surface area contributed by atoms with Gasteiger partial charge in [-0.25, -0.2) is 0 Å². The van der Waals surface area contributed by atoms with Crippen molar-refractivity contribution in [1.82, 2.24) is 5.32 Å². The smallest absolute Gasteiger partial charge is 0.320 e. The highest BCUT2D eigenvalue weighted by Crippen LogP contribution is 2.28. The summed E-state index contributed by atoms with van der Waals surface area (Å²) in [6.07, 6.45) is -3.18. The summed E-state index contributed by atoms with van der Waals surface area (Å²) in [5, 5.41) is 3.00. The topological polar surface area (TPSA) is 38.0 Å². The minimum Gasteiger partial charge on any atom is -0.320 e. The molecule has 1 aliphatic heterocycles. The van der Waals surface area contributed by atoms with Gasteiger partial charge in [0.1, 0.15) is 6.04 Å². The van der Waals surface area contributed by atoms with E-state index in [1.165, 1.54) is 0 Å². The Morgan fingerprint density at radius 3 is 2.17 bits per heavy atom. The van der Waals surface area contributed by atoms with E-state index in [1.54, 1.807) is 0 Å². The summed E-state index contributed by atoms with van der Waals surface area (Å²) in [6.45, 7) is 1.29. The molecule has 1 aliphatic rings. The molecule has 0 aliphatic carbocycles. The first-order valence-corrected chi connectivity index (χ1v) is 4.05. The van der Waals surface area contributed by atoms with Gasteiger partial charge in [-0.2, -0.15) is 13.2 Å². The van der Waals surface area contributed by atoms with E-state index in [0.717, 1.165) is 0 Å². The molecule has 0 aromatic carbocycles. The van der Waals surface area contributed by atoms with Crippen LogP contribution >= 0.6 is 0 Å². The highest BCUT2D eigenvalue weighted by atomic mass is 19.4. The van der Waals surface area contributed by atoms with Crippen molar-refractivity contribution in [3.05, 3.63) is 0 Å². The summed E-state index contributed by atoms with van der Waals surface area (Å²) in [5.74, 6) is -0.397. The fraction of sp³-hybridized carbons (Fsp3) is 1.00. The van der Waals surface area contributed by atoms with Gasteiger partial charge in [-0.15, -0.1) is 0 Å². The van der Waals surface area contributed by atoms with Crippen LogP contribution in [0, 0.1) is 5.92 Å². The van der Waals surface area contributed by atoms with E-state index in [0.29, 0.717) is 25.9 Å². The second kappa shape index (κ2) is 3.62. The summed E-state index contributed by atoms with van der Waals surface area (Å²) < 4.78 is 36.3. The molecule has 0 bridgehead atoms. The van der Waals surface area contributed by atoms with Crippen molar-refractivity contribution in [2.24, 2.45) is 11.7 Å². The molecule has 1 rings (SSSR count). The van der Waals surface area contributed by atoms with Gasteiger partial charge in [0.25, 0.3) is 0 Å². The zero-order valence-corrected chi connectivity index (χ0v) is 6.69. The summed E-state index contributed by atoms with van der Waals surface area (Å²) in [7, 11) is 0. The van der Waals surface area contributed by atoms with Crippen LogP contribution in [0.5, 0.6) is 0 Å². The molecule has 0 saturated carbocycles. The summed E-state index contributed by atoms with van der Waals surface area (Å²) in [6, 6.07) is -1.64. The second-order valence-corrected chi connectivity index (χ2v) is 3.15. The number of rotatable bonds is 1. The Hall–Kier alpha value is -0.290. The summed E-state index contributed by atoms with van der Waals surface area (Å²) in [4.78, 5) is 0. The van der Waals surface area contributed by atoms with E-state index in [-0.39, 0.29) is 0 Å². The molecule has 0 unspecified atom stereocenters. The number of nitrogens with two attached hydrogens (primary N) is 1. The number of alkyl halides is 3. The maximum Gasteiger partial charge on any atom is 0.403 e. The van der Waals surface area contributed by atoms with Gasteiger partial charge in [0.2, 0.25) is 0 Å². The first-order valence-electron chi connectivity index (χ1n) is 4.05. The predicted molar refractivity (Wildman–Crippen MR) is 39.6 cm³/mol. The largest absolute Gasteiger partial charge is 0.403 e. The Kier molecular flexibility index (Phi) is 2.95. The van der Waals surface area contributed by atoms with Crippen LogP contribution in [-0.2, 0) is 0 Å². The van der Waals surface area contributed by atoms with E-state index < -0.39 is 18.1 Å². The molecule has 1 atom stereocenters. The van der Waals surface area contributed by atoms with Crippen molar-refractivity contribution in [2.75, 3.05) is 13.1 Å². The van der Waals surface area contributed by atoms with Crippen LogP contribution in [-0.4, -0.2) is 25.3 Å². The van der Waals surface area contributed by atoms with E-state index in [1.807, 2.05) is 0 Å². The van der Waals surface area contributed by atoms with Gasteiger partial charge >= 0.3 is 6.18 Å². The molecular formula is C7H13F3N2. The lowest BCUT2D eigenvalue weighted by molar-refractivity contribution is -0.160. The SMILES string of the molecule is N[C@H](C1CCNCC1)C(F)(F)F. The van der Waals surface area contributed by atoms with Gasteiger partial charge in [-0.05, 0) is 31.8 Å². The van der Waals surface area contributed by atoms with Gasteiger partial charge < -0.3 is 11.1 Å². The molecule has 0 radical (unpaired) electrons. The minimum absolute atomic E-state index is 0.397. The number of hydrogen-bond acceptors (Lipinski definition) is 2. The molecule has 12 heavy (non-hydrogen) atoms. The molecule has 72 valence electrons. The molecule has 0 aromatic rings. The van der Waals surface area contributed by atoms with Crippen LogP contribution in [0.4, 0.5) is 13.2 Å². The highest BCUT2D eigenvalue weighted by Gasteiger charge is 2.41. The van der Waals surface area contributed by atoms with Crippen LogP contribution in [0.1, 0.15) is 12.8 Å². The standard InChI is InChI=1S/C7H13F3N2/c8-7(9,10)6(11)5-1-3-12-4-2-5/h5-6,12H,1-4,11H2/t6-/m1/s1. The molecule has 0 amide bonds. The molecule has 2 nitrogen and oxygen atoms in total. The molecule has 1 fully saturated rings. The average molecular weight is 182 g/mol. The summed E-state index contributed by atoms with van der Waals surface area (Å²) in [5.41, 5.74) is 5.07. The van der Waals surface area contributed by atoms with Crippen LogP contribution in [0.3, 0.4) is 0 Å². The monoisotopic (exact) mass is 182 g/mol. The normalized spacial score (nSPS) is 24.0. The van der Waals surface area contributed by atoms with Crippen LogP contribution in [0.15, 0.2) is 0 Å². The minimum atomic E-state index is -4.23. The predicted octanol–water partition coefficient (Wildman–Crippen LogP) is 0.876. The Labute approximate surface area is 69.3 Å². The third-order valence-corrected chi connectivity index (χ3v) is 2.27. The molecule has 0 aromatic heterocycles. The van der Waals surface area contributed by atoms with Crippen LogP contribution < -0.4 is 11.1 Å². The quantitative estimate of drug-likeness (QED) is 0.631. The fourth-order valence-electron chi connectivity index (χ4n) is 1.47. The van der Waals surface area contributed by atoms with Crippen molar-refractivity contribution >= 4 is 0 Å². The summed E-state index contributed by atoms with van der Waals surface area (Å²) >= 11 is 0. The molecular weight excluding hydrogens is 169 g/mol. The van der Waals surface area contributed by atoms with E-state index >= 15 is 0 Å². The maximum absolute atomic E-state index is 12.1. The maximum atomic E-state index is 12.1. The second-order valence-electron chi connectivity index (χ2n) is 3.15. The number of halogens is 3. The average Bonchev–Trinajstić information content (AvgIpc) is 2.03. The van der Waals surface area contributed by atoms with Crippen LogP contribution in [0.25, 0.3) is 0 Å². The first-order chi connectivity index (χ1) is 5.52. The van der Waals surface area contributed by atoms with Gasteiger partial charge in [0.05, 0.1) is 0 Å². The van der Waals surface area contributed by atoms with Crippen molar-refractivity contribution in [2.45, 2.75) is 25.1 Å². The zero-order valence-electron chi connectivity index (χ0n) is 6.69. The Morgan fingerprint density at radius 1 is 1.25 bits per heavy atom. The van der Waals surface area contributed by atoms with Crippen molar-refractivity contribution in [3.8, 4) is 0 Å². The zero-order chi connectivity index (χ0) is 9.19. The number of nitrogens with one attached hydrogen (secondary N) is 1. The lowest BCUT2D eigenvalue weighted by Gasteiger charge is -2.29. The fourth-order valence-corrected chi connectivity index (χ4v) is 1.47. The van der Waals surface area contributed by atoms with E-state index in [2.05, 4.69) is 5.32 Å². The molecule has 0 spiro atoms. The van der Waals surface area contributed by atoms with Gasteiger partial charge in [0.15, 0.2) is 0 Å². The van der Waals surface area contributed by atoms with Gasteiger partial charge in [-0.1, -0.05) is 0 Å². The highest BCUT2D eigenvalue weighted by molar-refractivity contribution is 4.82. The van der Waals surface area contributed by atoms with Gasteiger partial charge in [-0.3, -0.25) is 0 Å². The molecule has 1 saturated heterocycles. The molecule has 5 heteroatoms.